The van der Waals surface area contributed by atoms with Gasteiger partial charge in [-0.2, -0.15) is 0 Å². The second-order valence-electron chi connectivity index (χ2n) is 0.507. The molecule has 0 fully saturated rings. The fourth-order valence-corrected chi connectivity index (χ4v) is 0.458. The molecule has 0 aromatic carbocycles. The lowest BCUT2D eigenvalue weighted by Gasteiger charge is -1.56. The normalized spacial score (nSPS) is 12.5. The standard InChI is InChI=1S/H4N3P2S/c1-2-3-5(4)6/h4H2,(H2,1,3,6)/q+1. The van der Waals surface area contributed by atoms with E-state index in [4.69, 9.17) is 0 Å². The molecule has 3 nitrogen and oxygen atoms in total. The molecule has 0 bridgehead atoms. The first-order valence-corrected chi connectivity index (χ1v) is 5.03. The van der Waals surface area contributed by atoms with Crippen LogP contribution in [0.1, 0.15) is 0 Å². The molecule has 0 amide bonds. The second-order valence-corrected chi connectivity index (χ2v) is 5.00. The Labute approximate surface area is 43.9 Å². The van der Waals surface area contributed by atoms with Crippen molar-refractivity contribution in [2.45, 2.75) is 0 Å². The Kier molecular flexibility index (Phi) is 3.74. The van der Waals surface area contributed by atoms with Gasteiger partial charge in [0.2, 0.25) is 0 Å². The van der Waals surface area contributed by atoms with Crippen LogP contribution in [-0.4, -0.2) is 0 Å². The monoisotopic (exact) mass is 140 g/mol. The summed E-state index contributed by atoms with van der Waals surface area (Å²) in [6.45, 7) is -0.767. The first kappa shape index (κ1) is 6.35. The molecule has 0 heterocycles. The van der Waals surface area contributed by atoms with Gasteiger partial charge in [0.15, 0.2) is 11.8 Å². The molecule has 6 heteroatoms. The van der Waals surface area contributed by atoms with Crippen molar-refractivity contribution in [2.75, 3.05) is 0 Å². The van der Waals surface area contributed by atoms with Crippen LogP contribution < -0.4 is 5.84 Å². The lowest BCUT2D eigenvalue weighted by atomic mass is 12.8. The Morgan fingerprint density at radius 2 is 2.33 bits per heavy atom. The van der Waals surface area contributed by atoms with E-state index in [2.05, 4.69) is 36.7 Å². The van der Waals surface area contributed by atoms with Crippen LogP contribution in [0.4, 0.5) is 0 Å². The molecule has 0 saturated carbocycles. The van der Waals surface area contributed by atoms with E-state index >= 15 is 0 Å². The maximum absolute atomic E-state index is 4.62. The van der Waals surface area contributed by atoms with Crippen LogP contribution in [-0.2, 0) is 11.8 Å². The van der Waals surface area contributed by atoms with Crippen molar-refractivity contribution in [1.29, 1.82) is 0 Å². The minimum Gasteiger partial charge on any atom is -0.301 e. The Morgan fingerprint density at radius 1 is 1.83 bits per heavy atom. The summed E-state index contributed by atoms with van der Waals surface area (Å²) in [4.78, 5) is 3.37. The highest BCUT2D eigenvalue weighted by Crippen LogP contribution is 2.31. The van der Waals surface area contributed by atoms with Gasteiger partial charge in [0, 0.05) is 0 Å². The number of hydrogen-bond acceptors (Lipinski definition) is 2. The first-order valence-electron chi connectivity index (χ1n) is 1.10. The van der Waals surface area contributed by atoms with Gasteiger partial charge in [0.25, 0.3) is 0 Å². The minimum absolute atomic E-state index is 0.767. The van der Waals surface area contributed by atoms with Crippen LogP contribution >= 0.6 is 15.5 Å². The SMILES string of the molecule is NN=N[P+](P)=S. The van der Waals surface area contributed by atoms with Crippen LogP contribution in [0.25, 0.3) is 0 Å². The average molecular weight is 140 g/mol. The molecule has 6 heavy (non-hydrogen) atoms. The van der Waals surface area contributed by atoms with Crippen LogP contribution in [0.3, 0.4) is 0 Å². The summed E-state index contributed by atoms with van der Waals surface area (Å²) < 4.78 is 0. The number of hydrogen-bond donors (Lipinski definition) is 1. The summed E-state index contributed by atoms with van der Waals surface area (Å²) >= 11 is 4.57. The fraction of sp³-hybridized carbons (Fsp3) is 0. The van der Waals surface area contributed by atoms with E-state index in [1.54, 1.807) is 0 Å². The van der Waals surface area contributed by atoms with Gasteiger partial charge in [-0.3, -0.25) is 0 Å². The van der Waals surface area contributed by atoms with Crippen molar-refractivity contribution in [3.8, 4) is 0 Å². The molecule has 0 spiro atoms. The highest BCUT2D eigenvalue weighted by molar-refractivity contribution is 8.33. The van der Waals surface area contributed by atoms with Gasteiger partial charge in [-0.15, -0.1) is 0 Å². The Bertz CT molecular complexity index is 76.9. The predicted octanol–water partition coefficient (Wildman–Crippen LogP) is 0.961. The minimum atomic E-state index is -0.767. The van der Waals surface area contributed by atoms with Crippen molar-refractivity contribution in [3.63, 3.8) is 0 Å². The topological polar surface area (TPSA) is 50.7 Å². The Morgan fingerprint density at radius 3 is 2.33 bits per heavy atom. The number of nitrogens with zero attached hydrogens (tertiary/aromatic N) is 2. The Hall–Kier alpha value is 0.350. The maximum atomic E-state index is 4.62. The van der Waals surface area contributed by atoms with Crippen molar-refractivity contribution >= 4 is 27.3 Å². The fourth-order valence-electron chi connectivity index (χ4n) is 0.0509. The summed E-state index contributed by atoms with van der Waals surface area (Å²) in [5, 5.41) is 2.96. The van der Waals surface area contributed by atoms with Crippen molar-refractivity contribution in [3.05, 3.63) is 0 Å². The van der Waals surface area contributed by atoms with Crippen LogP contribution in [0.5, 0.6) is 0 Å². The zero-order chi connectivity index (χ0) is 4.99. The third-order valence-corrected chi connectivity index (χ3v) is 0.948. The lowest BCUT2D eigenvalue weighted by Crippen LogP contribution is -1.69. The molecule has 0 aromatic heterocycles. The van der Waals surface area contributed by atoms with Crippen molar-refractivity contribution in [2.24, 2.45) is 16.0 Å². The molecule has 0 aliphatic rings. The Balaban J connectivity index is 3.30. The van der Waals surface area contributed by atoms with E-state index in [1.165, 1.54) is 0 Å². The summed E-state index contributed by atoms with van der Waals surface area (Å²) in [7, 11) is 2.32. The summed E-state index contributed by atoms with van der Waals surface area (Å²) in [6.07, 6.45) is 0. The molecule has 34 valence electrons. The van der Waals surface area contributed by atoms with Gasteiger partial charge in [0.1, 0.15) is 8.93 Å². The van der Waals surface area contributed by atoms with Crippen molar-refractivity contribution < 1.29 is 0 Å². The van der Waals surface area contributed by atoms with Crippen LogP contribution in [0.15, 0.2) is 10.1 Å². The second kappa shape index (κ2) is 3.54. The van der Waals surface area contributed by atoms with Gasteiger partial charge in [0.05, 0.1) is 4.88 Å². The third-order valence-electron chi connectivity index (χ3n) is 0.140. The highest BCUT2D eigenvalue weighted by Gasteiger charge is 1.89. The van der Waals surface area contributed by atoms with Crippen molar-refractivity contribution in [1.82, 2.24) is 0 Å². The van der Waals surface area contributed by atoms with Crippen LogP contribution in [0, 0.1) is 0 Å². The molecule has 0 aliphatic heterocycles. The molecule has 2 N–H and O–H groups in total. The van der Waals surface area contributed by atoms with Gasteiger partial charge in [-0.25, -0.2) is 0 Å². The highest BCUT2D eigenvalue weighted by atomic mass is 32.6. The maximum Gasteiger partial charge on any atom is 0.352 e. The van der Waals surface area contributed by atoms with Gasteiger partial charge in [-0.05, 0) is 5.22 Å². The number of nitrogens with two attached hydrogens (primary N) is 1. The molecule has 0 saturated heterocycles. The molecule has 0 radical (unpaired) electrons. The average Bonchev–Trinajstić information content (AvgIpc) is 1.35. The number of rotatable bonds is 1. The smallest absolute Gasteiger partial charge is 0.301 e. The molecule has 2 atom stereocenters. The predicted molar refractivity (Wildman–Crippen MR) is 33.0 cm³/mol. The summed E-state index contributed by atoms with van der Waals surface area (Å²) in [5.41, 5.74) is 0. The van der Waals surface area contributed by atoms with E-state index in [9.17, 15) is 0 Å². The quantitative estimate of drug-likeness (QED) is 0.255. The van der Waals surface area contributed by atoms with Gasteiger partial charge >= 0.3 is 6.54 Å². The zero-order valence-corrected chi connectivity index (χ0v) is 5.77. The molecule has 2 unspecified atom stereocenters. The summed E-state index contributed by atoms with van der Waals surface area (Å²) in [5.74, 6) is 4.62. The van der Waals surface area contributed by atoms with E-state index in [1.807, 2.05) is 0 Å². The third kappa shape index (κ3) is 4.35. The van der Waals surface area contributed by atoms with Crippen LogP contribution in [0.2, 0.25) is 0 Å². The van der Waals surface area contributed by atoms with E-state index in [0.717, 1.165) is 0 Å². The van der Waals surface area contributed by atoms with Gasteiger partial charge < -0.3 is 5.84 Å². The van der Waals surface area contributed by atoms with E-state index in [0.29, 0.717) is 0 Å². The molecular formula is H4N3P2S+. The van der Waals surface area contributed by atoms with E-state index < -0.39 is 6.54 Å². The largest absolute Gasteiger partial charge is 0.352 e. The summed E-state index contributed by atoms with van der Waals surface area (Å²) in [6, 6.07) is 0. The molecule has 0 aromatic rings. The molecule has 0 aliphatic carbocycles. The zero-order valence-electron chi connectivity index (χ0n) is 2.90. The first-order chi connectivity index (χ1) is 2.77. The van der Waals surface area contributed by atoms with E-state index in [-0.39, 0.29) is 0 Å². The lowest BCUT2D eigenvalue weighted by molar-refractivity contribution is 1.12. The van der Waals surface area contributed by atoms with Gasteiger partial charge in [-0.1, -0.05) is 0 Å². The molecule has 0 rings (SSSR count). The molecular weight excluding hydrogens is 136 g/mol.